The molecule has 4 aliphatic heterocycles. The highest BCUT2D eigenvalue weighted by Crippen LogP contribution is 2.46. The summed E-state index contributed by atoms with van der Waals surface area (Å²) in [5, 5.41) is 4.65. The van der Waals surface area contributed by atoms with Crippen LogP contribution in [0.15, 0.2) is 30.9 Å². The number of fused-ring (bicyclic) bond motifs is 3. The molecule has 0 bridgehead atoms. The smallest absolute Gasteiger partial charge is 0.346 e. The van der Waals surface area contributed by atoms with E-state index in [0.717, 1.165) is 56.4 Å². The Morgan fingerprint density at radius 2 is 1.83 bits per heavy atom. The minimum atomic E-state index is -0.931. The molecule has 5 aromatic rings. The molecule has 9 rings (SSSR count). The Morgan fingerprint density at radius 1 is 1.04 bits per heavy atom. The van der Waals surface area contributed by atoms with E-state index < -0.39 is 23.3 Å². The molecule has 2 N–H and O–H groups in total. The number of likely N-dealkylation sites (tertiary alicyclic amines) is 1. The number of nitrogens with two attached hydrogens (primary N) is 1. The fourth-order valence-electron chi connectivity index (χ4n) is 8.87. The lowest BCUT2D eigenvalue weighted by molar-refractivity contribution is 0.0927. The number of piperidine rings is 2. The van der Waals surface area contributed by atoms with E-state index in [1.54, 1.807) is 6.07 Å². The molecule has 1 spiro atoms. The number of nitrogen functional groups attached to an aromatic ring is 1. The molecule has 272 valence electrons. The van der Waals surface area contributed by atoms with Gasteiger partial charge in [-0.05, 0) is 68.7 Å². The molecule has 12 nitrogen and oxygen atoms in total. The van der Waals surface area contributed by atoms with Gasteiger partial charge < -0.3 is 20.3 Å². The number of aromatic nitrogens is 6. The van der Waals surface area contributed by atoms with E-state index in [0.29, 0.717) is 55.9 Å². The topological polar surface area (TPSA) is 131 Å². The third-order valence-electron chi connectivity index (χ3n) is 11.7. The van der Waals surface area contributed by atoms with Crippen LogP contribution >= 0.6 is 22.9 Å². The fraction of sp³-hybridized carbons (Fsp3) is 0.486. The van der Waals surface area contributed by atoms with Gasteiger partial charge in [-0.2, -0.15) is 19.7 Å². The van der Waals surface area contributed by atoms with Gasteiger partial charge in [-0.1, -0.05) is 22.9 Å². The average molecular weight is 753 g/mol. The van der Waals surface area contributed by atoms with Crippen molar-refractivity contribution in [3.63, 3.8) is 0 Å². The Balaban J connectivity index is 1.05. The summed E-state index contributed by atoms with van der Waals surface area (Å²) in [5.74, 6) is -0.721. The largest absolute Gasteiger partial charge is 0.461 e. The number of thiazole rings is 1. The van der Waals surface area contributed by atoms with Crippen molar-refractivity contribution in [2.24, 2.45) is 5.41 Å². The molecule has 0 radical (unpaired) electrons. The maximum absolute atomic E-state index is 17.0. The molecule has 52 heavy (non-hydrogen) atoms. The molecule has 0 aliphatic carbocycles. The van der Waals surface area contributed by atoms with Gasteiger partial charge in [0.15, 0.2) is 10.9 Å². The minimum absolute atomic E-state index is 0.000537. The number of carbonyl (C=O) groups is 1. The van der Waals surface area contributed by atoms with Gasteiger partial charge in [0.25, 0.3) is 0 Å². The molecule has 3 aromatic heterocycles. The number of halogens is 4. The molecule has 17 heteroatoms. The zero-order valence-corrected chi connectivity index (χ0v) is 29.8. The Hall–Kier alpha value is -4.28. The predicted molar refractivity (Wildman–Crippen MR) is 192 cm³/mol. The van der Waals surface area contributed by atoms with Gasteiger partial charge >= 0.3 is 12.0 Å². The molecule has 1 amide bonds. The van der Waals surface area contributed by atoms with E-state index in [2.05, 4.69) is 29.9 Å². The van der Waals surface area contributed by atoms with Gasteiger partial charge in [-0.25, -0.2) is 27.9 Å². The van der Waals surface area contributed by atoms with Gasteiger partial charge in [0, 0.05) is 55.7 Å². The number of ether oxygens (including phenoxy) is 1. The summed E-state index contributed by atoms with van der Waals surface area (Å²) in [6, 6.07) is 4.17. The number of carbonyl (C=O) groups excluding carboxylic acids is 1. The van der Waals surface area contributed by atoms with Crippen LogP contribution in [0.5, 0.6) is 6.01 Å². The van der Waals surface area contributed by atoms with Crippen LogP contribution in [0.4, 0.5) is 28.9 Å². The third kappa shape index (κ3) is 5.61. The Labute approximate surface area is 305 Å². The van der Waals surface area contributed by atoms with Crippen molar-refractivity contribution in [3.05, 3.63) is 47.5 Å². The highest BCUT2D eigenvalue weighted by Gasteiger charge is 2.49. The standard InChI is InChI=1S/C35H36ClF3N10O2S/c36-23-14-22-27(26(39)25(23)21-2-3-24(38)29-28(21)43-31(40)52-29)44-32(51-17-35-4-1-9-48(35)16-20(37)15-35)45-30(22)46-10-5-34(6-11-46)7-12-47(13-8-34)33(50)49-19-41-18-42-49/h2-3,14,18-20H,1,4-13,15-17H2,(H2,40,43)/t20-,35+/m1/s1. The molecule has 4 fully saturated rings. The quantitative estimate of drug-likeness (QED) is 0.218. The van der Waals surface area contributed by atoms with Crippen molar-refractivity contribution in [1.82, 2.24) is 39.5 Å². The number of hydrogen-bond donors (Lipinski definition) is 1. The number of anilines is 2. The monoisotopic (exact) mass is 752 g/mol. The maximum Gasteiger partial charge on any atom is 0.346 e. The van der Waals surface area contributed by atoms with Crippen molar-refractivity contribution in [3.8, 4) is 17.1 Å². The Kier molecular flexibility index (Phi) is 8.19. The van der Waals surface area contributed by atoms with Crippen LogP contribution in [0.1, 0.15) is 44.9 Å². The Morgan fingerprint density at radius 3 is 2.60 bits per heavy atom. The summed E-state index contributed by atoms with van der Waals surface area (Å²) in [6.45, 7) is 3.89. The van der Waals surface area contributed by atoms with Crippen molar-refractivity contribution in [2.75, 3.05) is 56.5 Å². The van der Waals surface area contributed by atoms with Crippen molar-refractivity contribution >= 4 is 61.0 Å². The van der Waals surface area contributed by atoms with Gasteiger partial charge in [-0.3, -0.25) is 4.90 Å². The van der Waals surface area contributed by atoms with E-state index in [4.69, 9.17) is 27.1 Å². The van der Waals surface area contributed by atoms with E-state index >= 15 is 4.39 Å². The highest BCUT2D eigenvalue weighted by atomic mass is 35.5. The van der Waals surface area contributed by atoms with Crippen molar-refractivity contribution in [1.29, 1.82) is 0 Å². The second kappa shape index (κ2) is 12.7. The zero-order chi connectivity index (χ0) is 35.8. The first-order chi connectivity index (χ1) is 25.1. The lowest BCUT2D eigenvalue weighted by atomic mass is 9.71. The molecule has 2 atom stereocenters. The van der Waals surface area contributed by atoms with Crippen LogP contribution in [0.2, 0.25) is 5.02 Å². The van der Waals surface area contributed by atoms with Gasteiger partial charge in [0.05, 0.1) is 20.8 Å². The van der Waals surface area contributed by atoms with Crippen LogP contribution in [0.3, 0.4) is 0 Å². The zero-order valence-electron chi connectivity index (χ0n) is 28.2. The average Bonchev–Trinajstić information content (AvgIpc) is 3.94. The minimum Gasteiger partial charge on any atom is -0.461 e. The SMILES string of the molecule is Nc1nc2c(-c3c(Cl)cc4c(N5CCC6(CCN(C(=O)n7cncn7)CC6)CC5)nc(OC[C@@]56CCCN5C[C@H](F)C6)nc4c3F)ccc(F)c2s1. The first-order valence-electron chi connectivity index (χ1n) is 17.6. The van der Waals surface area contributed by atoms with E-state index in [1.807, 2.05) is 4.90 Å². The molecule has 7 heterocycles. The van der Waals surface area contributed by atoms with E-state index in [1.165, 1.54) is 29.5 Å². The van der Waals surface area contributed by atoms with Gasteiger partial charge in [-0.15, -0.1) is 0 Å². The number of benzene rings is 2. The first kappa shape index (κ1) is 33.5. The number of rotatable bonds is 5. The molecular formula is C35H36ClF3N10O2S. The van der Waals surface area contributed by atoms with Crippen LogP contribution in [-0.4, -0.2) is 103 Å². The van der Waals surface area contributed by atoms with Crippen molar-refractivity contribution < 1.29 is 22.7 Å². The first-order valence-corrected chi connectivity index (χ1v) is 18.8. The summed E-state index contributed by atoms with van der Waals surface area (Å²) >= 11 is 7.86. The molecule has 4 aliphatic rings. The van der Waals surface area contributed by atoms with Gasteiger partial charge in [0.2, 0.25) is 0 Å². The number of amides is 1. The summed E-state index contributed by atoms with van der Waals surface area (Å²) in [5.41, 5.74) is 6.09. The summed E-state index contributed by atoms with van der Waals surface area (Å²) < 4.78 is 54.0. The lowest BCUT2D eigenvalue weighted by Gasteiger charge is -2.47. The summed E-state index contributed by atoms with van der Waals surface area (Å²) in [4.78, 5) is 36.6. The second-order valence-electron chi connectivity index (χ2n) is 14.6. The summed E-state index contributed by atoms with van der Waals surface area (Å²) in [7, 11) is 0. The predicted octanol–water partition coefficient (Wildman–Crippen LogP) is 6.32. The molecule has 2 aromatic carbocycles. The van der Waals surface area contributed by atoms with E-state index in [9.17, 15) is 13.6 Å². The molecule has 0 unspecified atom stereocenters. The molecule has 4 saturated heterocycles. The number of hydrogen-bond acceptors (Lipinski definition) is 11. The number of nitrogens with zero attached hydrogens (tertiary/aromatic N) is 9. The van der Waals surface area contributed by atoms with Crippen LogP contribution < -0.4 is 15.4 Å². The highest BCUT2D eigenvalue weighted by molar-refractivity contribution is 7.22. The van der Waals surface area contributed by atoms with Crippen molar-refractivity contribution in [2.45, 2.75) is 56.7 Å². The third-order valence-corrected chi connectivity index (χ3v) is 12.9. The maximum atomic E-state index is 17.0. The molecule has 0 saturated carbocycles. The van der Waals surface area contributed by atoms with Crippen LogP contribution in [0.25, 0.3) is 32.2 Å². The van der Waals surface area contributed by atoms with Gasteiger partial charge in [0.1, 0.15) is 42.6 Å². The lowest BCUT2D eigenvalue weighted by Crippen LogP contribution is -2.49. The van der Waals surface area contributed by atoms with Crippen LogP contribution in [0, 0.1) is 17.0 Å². The normalized spacial score (nSPS) is 23.3. The second-order valence-corrected chi connectivity index (χ2v) is 16.0. The fourth-order valence-corrected chi connectivity index (χ4v) is 9.93. The number of alkyl halides is 1. The Bertz CT molecular complexity index is 2190. The van der Waals surface area contributed by atoms with Crippen LogP contribution in [-0.2, 0) is 0 Å². The van der Waals surface area contributed by atoms with E-state index in [-0.39, 0.29) is 55.5 Å². The summed E-state index contributed by atoms with van der Waals surface area (Å²) in [6.07, 6.45) is 7.36. The molecular weight excluding hydrogens is 717 g/mol.